The predicted octanol–water partition coefficient (Wildman–Crippen LogP) is 2.62. The van der Waals surface area contributed by atoms with Crippen molar-refractivity contribution in [1.29, 1.82) is 0 Å². The first kappa shape index (κ1) is 16.6. The van der Waals surface area contributed by atoms with Crippen molar-refractivity contribution in [1.82, 2.24) is 10.2 Å². The molecule has 0 aromatic heterocycles. The molecule has 0 spiro atoms. The van der Waals surface area contributed by atoms with E-state index in [-0.39, 0.29) is 23.5 Å². The highest BCUT2D eigenvalue weighted by atomic mass is 19.1. The molecule has 4 rings (SSSR count). The Morgan fingerprint density at radius 1 is 1.20 bits per heavy atom. The lowest BCUT2D eigenvalue weighted by atomic mass is 9.90. The first-order valence-electron chi connectivity index (χ1n) is 9.42. The number of carbonyl (C=O) groups excluding carboxylic acids is 2. The minimum Gasteiger partial charge on any atom is -0.356 e. The van der Waals surface area contributed by atoms with Gasteiger partial charge in [-0.1, -0.05) is 18.2 Å². The number of hydrogen-bond acceptors (Lipinski definition) is 2. The van der Waals surface area contributed by atoms with Crippen LogP contribution in [0.4, 0.5) is 4.39 Å². The Morgan fingerprint density at radius 3 is 2.64 bits per heavy atom. The second-order valence-electron chi connectivity index (χ2n) is 7.84. The molecule has 2 amide bonds. The molecule has 5 heteroatoms. The highest BCUT2D eigenvalue weighted by Gasteiger charge is 2.54. The number of piperidine rings is 1. The van der Waals surface area contributed by atoms with E-state index in [1.165, 1.54) is 18.9 Å². The number of likely N-dealkylation sites (tertiary alicyclic amines) is 1. The van der Waals surface area contributed by atoms with E-state index in [1.54, 1.807) is 23.1 Å². The second kappa shape index (κ2) is 6.43. The summed E-state index contributed by atoms with van der Waals surface area (Å²) in [5.41, 5.74) is -0.183. The fraction of sp³-hybridized carbons (Fsp3) is 0.600. The van der Waals surface area contributed by atoms with Crippen LogP contribution in [0.2, 0.25) is 0 Å². The standard InChI is InChI=1S/C20H25FN2O2/c21-17-6-2-1-5-16(17)20(9-10-20)19(25)23-11-3-4-15(13-23)18(24)22-12-14-7-8-14/h1-2,5-6,14-15H,3-4,7-13H2,(H,22,24). The largest absolute Gasteiger partial charge is 0.356 e. The van der Waals surface area contributed by atoms with E-state index in [0.29, 0.717) is 37.4 Å². The summed E-state index contributed by atoms with van der Waals surface area (Å²) >= 11 is 0. The molecule has 25 heavy (non-hydrogen) atoms. The van der Waals surface area contributed by atoms with Crippen molar-refractivity contribution in [3.63, 3.8) is 0 Å². The summed E-state index contributed by atoms with van der Waals surface area (Å²) in [5, 5.41) is 3.03. The van der Waals surface area contributed by atoms with Crippen LogP contribution in [0.3, 0.4) is 0 Å². The van der Waals surface area contributed by atoms with E-state index in [2.05, 4.69) is 5.32 Å². The van der Waals surface area contributed by atoms with Gasteiger partial charge < -0.3 is 10.2 Å². The third kappa shape index (κ3) is 3.29. The zero-order chi connectivity index (χ0) is 17.4. The van der Waals surface area contributed by atoms with E-state index < -0.39 is 5.41 Å². The number of halogens is 1. The Balaban J connectivity index is 1.43. The maximum absolute atomic E-state index is 14.2. The molecule has 1 N–H and O–H groups in total. The van der Waals surface area contributed by atoms with Gasteiger partial charge in [-0.3, -0.25) is 9.59 Å². The molecule has 1 saturated heterocycles. The summed E-state index contributed by atoms with van der Waals surface area (Å²) in [4.78, 5) is 27.3. The molecular formula is C20H25FN2O2. The van der Waals surface area contributed by atoms with Crippen LogP contribution in [0.15, 0.2) is 24.3 Å². The lowest BCUT2D eigenvalue weighted by molar-refractivity contribution is -0.138. The molecule has 1 atom stereocenters. The molecule has 1 aliphatic heterocycles. The highest BCUT2D eigenvalue weighted by Crippen LogP contribution is 2.50. The molecule has 134 valence electrons. The summed E-state index contributed by atoms with van der Waals surface area (Å²) in [5.74, 6) is 0.287. The van der Waals surface area contributed by atoms with Crippen LogP contribution in [-0.4, -0.2) is 36.3 Å². The Labute approximate surface area is 147 Å². The van der Waals surface area contributed by atoms with Crippen LogP contribution in [0.5, 0.6) is 0 Å². The average molecular weight is 344 g/mol. The topological polar surface area (TPSA) is 49.4 Å². The third-order valence-electron chi connectivity index (χ3n) is 5.89. The van der Waals surface area contributed by atoms with Crippen LogP contribution >= 0.6 is 0 Å². The van der Waals surface area contributed by atoms with Gasteiger partial charge in [0.1, 0.15) is 5.82 Å². The van der Waals surface area contributed by atoms with Crippen LogP contribution in [0.25, 0.3) is 0 Å². The SMILES string of the molecule is O=C(NCC1CC1)C1CCCN(C(=O)C2(c3ccccc3F)CC2)C1. The number of nitrogens with one attached hydrogen (secondary N) is 1. The quantitative estimate of drug-likeness (QED) is 0.893. The summed E-state index contributed by atoms with van der Waals surface area (Å²) in [7, 11) is 0. The van der Waals surface area contributed by atoms with E-state index >= 15 is 0 Å². The lowest BCUT2D eigenvalue weighted by Crippen LogP contribution is -2.49. The Morgan fingerprint density at radius 2 is 1.96 bits per heavy atom. The monoisotopic (exact) mass is 344 g/mol. The van der Waals surface area contributed by atoms with Crippen molar-refractivity contribution < 1.29 is 14.0 Å². The third-order valence-corrected chi connectivity index (χ3v) is 5.89. The molecular weight excluding hydrogens is 319 g/mol. The summed E-state index contributed by atoms with van der Waals surface area (Å²) < 4.78 is 14.2. The van der Waals surface area contributed by atoms with Crippen molar-refractivity contribution in [2.45, 2.75) is 43.9 Å². The predicted molar refractivity (Wildman–Crippen MR) is 92.3 cm³/mol. The first-order valence-corrected chi connectivity index (χ1v) is 9.42. The highest BCUT2D eigenvalue weighted by molar-refractivity contribution is 5.92. The minimum atomic E-state index is -0.697. The van der Waals surface area contributed by atoms with Gasteiger partial charge in [0.05, 0.1) is 11.3 Å². The number of nitrogens with zero attached hydrogens (tertiary/aromatic N) is 1. The van der Waals surface area contributed by atoms with Gasteiger partial charge in [0.15, 0.2) is 0 Å². The summed E-state index contributed by atoms with van der Waals surface area (Å²) in [6, 6.07) is 6.59. The zero-order valence-electron chi connectivity index (χ0n) is 14.5. The minimum absolute atomic E-state index is 0.00251. The number of carbonyl (C=O) groups is 2. The molecule has 3 aliphatic rings. The van der Waals surface area contributed by atoms with Crippen molar-refractivity contribution in [3.05, 3.63) is 35.6 Å². The zero-order valence-corrected chi connectivity index (χ0v) is 14.5. The number of rotatable bonds is 5. The molecule has 3 fully saturated rings. The maximum atomic E-state index is 14.2. The second-order valence-corrected chi connectivity index (χ2v) is 7.84. The lowest BCUT2D eigenvalue weighted by Gasteiger charge is -2.34. The van der Waals surface area contributed by atoms with Gasteiger partial charge in [0.2, 0.25) is 11.8 Å². The van der Waals surface area contributed by atoms with Crippen molar-refractivity contribution >= 4 is 11.8 Å². The number of amides is 2. The van der Waals surface area contributed by atoms with Gasteiger partial charge in [-0.15, -0.1) is 0 Å². The van der Waals surface area contributed by atoms with Crippen LogP contribution in [-0.2, 0) is 15.0 Å². The molecule has 1 heterocycles. The first-order chi connectivity index (χ1) is 12.1. The Bertz CT molecular complexity index is 682. The molecule has 2 aliphatic carbocycles. The van der Waals surface area contributed by atoms with Crippen molar-refractivity contribution in [3.8, 4) is 0 Å². The van der Waals surface area contributed by atoms with Gasteiger partial charge in [-0.25, -0.2) is 4.39 Å². The van der Waals surface area contributed by atoms with Gasteiger partial charge in [0, 0.05) is 25.2 Å². The van der Waals surface area contributed by atoms with Crippen LogP contribution in [0, 0.1) is 17.7 Å². The van der Waals surface area contributed by atoms with E-state index in [4.69, 9.17) is 0 Å². The molecule has 1 aromatic carbocycles. The Kier molecular flexibility index (Phi) is 4.26. The van der Waals surface area contributed by atoms with Crippen molar-refractivity contribution in [2.24, 2.45) is 11.8 Å². The molecule has 0 radical (unpaired) electrons. The normalized spacial score (nSPS) is 24.7. The smallest absolute Gasteiger partial charge is 0.233 e. The van der Waals surface area contributed by atoms with Gasteiger partial charge in [0.25, 0.3) is 0 Å². The van der Waals surface area contributed by atoms with Gasteiger partial charge >= 0.3 is 0 Å². The van der Waals surface area contributed by atoms with Gasteiger partial charge in [-0.2, -0.15) is 0 Å². The maximum Gasteiger partial charge on any atom is 0.233 e. The molecule has 4 nitrogen and oxygen atoms in total. The fourth-order valence-corrected chi connectivity index (χ4v) is 3.96. The molecule has 0 bridgehead atoms. The van der Waals surface area contributed by atoms with Crippen LogP contribution < -0.4 is 5.32 Å². The Hall–Kier alpha value is -1.91. The molecule has 1 unspecified atom stereocenters. The molecule has 1 aromatic rings. The van der Waals surface area contributed by atoms with Crippen molar-refractivity contribution in [2.75, 3.05) is 19.6 Å². The molecule has 2 saturated carbocycles. The fourth-order valence-electron chi connectivity index (χ4n) is 3.96. The van der Waals surface area contributed by atoms with Gasteiger partial charge in [-0.05, 0) is 50.5 Å². The average Bonchev–Trinajstić information content (AvgIpc) is 3.54. The van der Waals surface area contributed by atoms with E-state index in [9.17, 15) is 14.0 Å². The van der Waals surface area contributed by atoms with Crippen LogP contribution in [0.1, 0.15) is 44.1 Å². The number of benzene rings is 1. The number of hydrogen-bond donors (Lipinski definition) is 1. The van der Waals surface area contributed by atoms with E-state index in [0.717, 1.165) is 19.4 Å². The van der Waals surface area contributed by atoms with E-state index in [1.807, 2.05) is 0 Å². The summed E-state index contributed by atoms with van der Waals surface area (Å²) in [6.07, 6.45) is 5.47. The summed E-state index contributed by atoms with van der Waals surface area (Å²) in [6.45, 7) is 1.90.